The molecular weight excluding hydrogens is 330 g/mol. The first-order valence-corrected chi connectivity index (χ1v) is 9.78. The number of rotatable bonds is 5. The molecule has 1 amide bonds. The van der Waals surface area contributed by atoms with E-state index in [1.54, 1.807) is 0 Å². The maximum atomic E-state index is 13.1. The second kappa shape index (κ2) is 5.93. The van der Waals surface area contributed by atoms with Crippen LogP contribution in [0.15, 0.2) is 10.6 Å². The molecule has 3 fully saturated rings. The van der Waals surface area contributed by atoms with Gasteiger partial charge in [-0.25, -0.2) is 0 Å². The van der Waals surface area contributed by atoms with Gasteiger partial charge in [-0.3, -0.25) is 9.89 Å². The number of carbonyl (C=O) groups is 1. The Morgan fingerprint density at radius 2 is 2.23 bits per heavy atom. The lowest BCUT2D eigenvalue weighted by Gasteiger charge is -2.41. The molecule has 3 aliphatic rings. The van der Waals surface area contributed by atoms with Crippen LogP contribution in [0.2, 0.25) is 0 Å². The van der Waals surface area contributed by atoms with E-state index in [4.69, 9.17) is 4.52 Å². The van der Waals surface area contributed by atoms with Crippen LogP contribution in [0.1, 0.15) is 78.8 Å². The molecule has 1 aliphatic heterocycles. The first-order valence-electron chi connectivity index (χ1n) is 9.78. The third kappa shape index (κ3) is 2.93. The van der Waals surface area contributed by atoms with Crippen LogP contribution in [-0.4, -0.2) is 44.2 Å². The van der Waals surface area contributed by atoms with Crippen LogP contribution in [0.5, 0.6) is 0 Å². The number of hydrogen-bond donors (Lipinski definition) is 1. The Hall–Kier alpha value is -2.18. The Kier molecular flexibility index (Phi) is 3.65. The number of piperidine rings is 1. The second-order valence-corrected chi connectivity index (χ2v) is 8.38. The molecule has 2 aromatic heterocycles. The van der Waals surface area contributed by atoms with Crippen molar-refractivity contribution in [3.63, 3.8) is 0 Å². The standard InChI is InChI=1S/C19H25N5O2/c1-12-20-18(23-26-12)19(10-13-3-4-13)7-2-8-24(11-19)17(25)16-9-15(21-22-16)14-5-6-14/h9,13-14H,2-8,10-11H2,1H3,(H,21,22). The molecule has 0 bridgehead atoms. The monoisotopic (exact) mass is 355 g/mol. The molecule has 26 heavy (non-hydrogen) atoms. The average Bonchev–Trinajstić information content (AvgIpc) is 3.56. The minimum Gasteiger partial charge on any atom is -0.340 e. The summed E-state index contributed by atoms with van der Waals surface area (Å²) in [6, 6.07) is 1.94. The van der Waals surface area contributed by atoms with E-state index in [1.165, 1.54) is 25.7 Å². The summed E-state index contributed by atoms with van der Waals surface area (Å²) in [6.45, 7) is 3.26. The zero-order valence-corrected chi connectivity index (χ0v) is 15.2. The highest BCUT2D eigenvalue weighted by atomic mass is 16.5. The minimum atomic E-state index is -0.178. The molecular formula is C19H25N5O2. The van der Waals surface area contributed by atoms with Gasteiger partial charge in [0.1, 0.15) is 5.69 Å². The van der Waals surface area contributed by atoms with Crippen LogP contribution < -0.4 is 0 Å². The number of nitrogens with zero attached hydrogens (tertiary/aromatic N) is 4. The number of likely N-dealkylation sites (tertiary alicyclic amines) is 1. The molecule has 138 valence electrons. The lowest BCUT2D eigenvalue weighted by Crippen LogP contribution is -2.49. The molecule has 2 aliphatic carbocycles. The molecule has 1 N–H and O–H groups in total. The van der Waals surface area contributed by atoms with Gasteiger partial charge >= 0.3 is 0 Å². The van der Waals surface area contributed by atoms with Crippen molar-refractivity contribution in [1.82, 2.24) is 25.2 Å². The Bertz CT molecular complexity index is 820. The maximum absolute atomic E-state index is 13.1. The predicted molar refractivity (Wildman–Crippen MR) is 93.8 cm³/mol. The molecule has 7 heteroatoms. The third-order valence-corrected chi connectivity index (χ3v) is 6.08. The molecule has 5 rings (SSSR count). The fraction of sp³-hybridized carbons (Fsp3) is 0.684. The molecule has 3 heterocycles. The van der Waals surface area contributed by atoms with E-state index in [0.717, 1.165) is 43.2 Å². The lowest BCUT2D eigenvalue weighted by molar-refractivity contribution is 0.0601. The van der Waals surface area contributed by atoms with Crippen LogP contribution in [0.3, 0.4) is 0 Å². The van der Waals surface area contributed by atoms with E-state index in [0.29, 0.717) is 24.0 Å². The summed E-state index contributed by atoms with van der Waals surface area (Å²) in [7, 11) is 0. The molecule has 0 spiro atoms. The molecule has 1 saturated heterocycles. The Morgan fingerprint density at radius 1 is 1.38 bits per heavy atom. The van der Waals surface area contributed by atoms with Crippen LogP contribution in [-0.2, 0) is 5.41 Å². The molecule has 2 saturated carbocycles. The first kappa shape index (κ1) is 16.0. The van der Waals surface area contributed by atoms with E-state index >= 15 is 0 Å². The number of aryl methyl sites for hydroxylation is 1. The lowest BCUT2D eigenvalue weighted by atomic mass is 9.74. The van der Waals surface area contributed by atoms with Crippen molar-refractivity contribution in [3.8, 4) is 0 Å². The van der Waals surface area contributed by atoms with E-state index < -0.39 is 0 Å². The summed E-state index contributed by atoms with van der Waals surface area (Å²) >= 11 is 0. The molecule has 1 atom stereocenters. The number of nitrogens with one attached hydrogen (secondary N) is 1. The van der Waals surface area contributed by atoms with Crippen LogP contribution in [0.4, 0.5) is 0 Å². The van der Waals surface area contributed by atoms with Crippen LogP contribution >= 0.6 is 0 Å². The van der Waals surface area contributed by atoms with Crippen molar-refractivity contribution < 1.29 is 9.32 Å². The number of aromatic nitrogens is 4. The quantitative estimate of drug-likeness (QED) is 0.891. The molecule has 0 radical (unpaired) electrons. The maximum Gasteiger partial charge on any atom is 0.274 e. The van der Waals surface area contributed by atoms with Gasteiger partial charge < -0.3 is 9.42 Å². The van der Waals surface area contributed by atoms with Gasteiger partial charge in [0.05, 0.1) is 5.41 Å². The highest BCUT2D eigenvalue weighted by molar-refractivity contribution is 5.92. The van der Waals surface area contributed by atoms with Gasteiger partial charge in [-0.2, -0.15) is 10.1 Å². The summed E-state index contributed by atoms with van der Waals surface area (Å²) in [6.07, 6.45) is 7.96. The van der Waals surface area contributed by atoms with Gasteiger partial charge in [-0.05, 0) is 44.1 Å². The van der Waals surface area contributed by atoms with Crippen LogP contribution in [0, 0.1) is 12.8 Å². The smallest absolute Gasteiger partial charge is 0.274 e. The molecule has 1 unspecified atom stereocenters. The zero-order chi connectivity index (χ0) is 17.7. The van der Waals surface area contributed by atoms with Crippen molar-refractivity contribution >= 4 is 5.91 Å². The second-order valence-electron chi connectivity index (χ2n) is 8.38. The minimum absolute atomic E-state index is 0.0215. The summed E-state index contributed by atoms with van der Waals surface area (Å²) in [4.78, 5) is 19.6. The largest absolute Gasteiger partial charge is 0.340 e. The van der Waals surface area contributed by atoms with E-state index in [2.05, 4.69) is 20.3 Å². The zero-order valence-electron chi connectivity index (χ0n) is 15.2. The fourth-order valence-corrected chi connectivity index (χ4v) is 4.35. The molecule has 0 aromatic carbocycles. The first-order chi connectivity index (χ1) is 12.6. The summed E-state index contributed by atoms with van der Waals surface area (Å²) in [5, 5.41) is 11.6. The van der Waals surface area contributed by atoms with Crippen molar-refractivity contribution in [2.75, 3.05) is 13.1 Å². The van der Waals surface area contributed by atoms with E-state index in [1.807, 2.05) is 17.9 Å². The SMILES string of the molecule is Cc1nc(C2(CC3CC3)CCCN(C(=O)c3cc(C4CC4)[nH]n3)C2)no1. The van der Waals surface area contributed by atoms with Gasteiger partial charge in [0, 0.05) is 31.6 Å². The predicted octanol–water partition coefficient (Wildman–Crippen LogP) is 2.95. The Labute approximate surface area is 152 Å². The van der Waals surface area contributed by atoms with Crippen molar-refractivity contribution in [2.24, 2.45) is 5.92 Å². The van der Waals surface area contributed by atoms with Gasteiger partial charge in [0.15, 0.2) is 5.82 Å². The fourth-order valence-electron chi connectivity index (χ4n) is 4.35. The van der Waals surface area contributed by atoms with Gasteiger partial charge in [-0.1, -0.05) is 18.0 Å². The van der Waals surface area contributed by atoms with Gasteiger partial charge in [-0.15, -0.1) is 0 Å². The van der Waals surface area contributed by atoms with E-state index in [-0.39, 0.29) is 11.3 Å². The number of amides is 1. The van der Waals surface area contributed by atoms with Crippen molar-refractivity contribution in [3.05, 3.63) is 29.2 Å². The summed E-state index contributed by atoms with van der Waals surface area (Å²) in [5.41, 5.74) is 1.46. The number of hydrogen-bond acceptors (Lipinski definition) is 5. The van der Waals surface area contributed by atoms with Crippen LogP contribution in [0.25, 0.3) is 0 Å². The normalized spacial score (nSPS) is 26.3. The van der Waals surface area contributed by atoms with E-state index in [9.17, 15) is 4.79 Å². The number of carbonyl (C=O) groups excluding carboxylic acids is 1. The molecule has 7 nitrogen and oxygen atoms in total. The number of aromatic amines is 1. The number of H-pyrrole nitrogens is 1. The Balaban J connectivity index is 1.39. The summed E-state index contributed by atoms with van der Waals surface area (Å²) < 4.78 is 5.28. The van der Waals surface area contributed by atoms with Gasteiger partial charge in [0.2, 0.25) is 5.89 Å². The Morgan fingerprint density at radius 3 is 2.92 bits per heavy atom. The molecule has 2 aromatic rings. The highest BCUT2D eigenvalue weighted by Crippen LogP contribution is 2.46. The highest BCUT2D eigenvalue weighted by Gasteiger charge is 2.46. The summed E-state index contributed by atoms with van der Waals surface area (Å²) in [5.74, 6) is 2.70. The topological polar surface area (TPSA) is 87.9 Å². The third-order valence-electron chi connectivity index (χ3n) is 6.08. The van der Waals surface area contributed by atoms with Crippen molar-refractivity contribution in [1.29, 1.82) is 0 Å². The average molecular weight is 355 g/mol. The van der Waals surface area contributed by atoms with Crippen molar-refractivity contribution in [2.45, 2.75) is 63.2 Å². The van der Waals surface area contributed by atoms with Gasteiger partial charge in [0.25, 0.3) is 5.91 Å².